The molecule has 1 aliphatic rings. The number of piperidine rings is 1. The van der Waals surface area contributed by atoms with E-state index in [2.05, 4.69) is 10.1 Å². The third-order valence-electron chi connectivity index (χ3n) is 2.62. The number of nitrogens with zero attached hydrogens (tertiary/aromatic N) is 2. The van der Waals surface area contributed by atoms with Crippen molar-refractivity contribution < 1.29 is 9.94 Å². The zero-order valence-electron chi connectivity index (χ0n) is 8.65. The molecule has 0 atom stereocenters. The Balaban J connectivity index is 2.22. The van der Waals surface area contributed by atoms with Gasteiger partial charge in [-0.1, -0.05) is 5.16 Å². The van der Waals surface area contributed by atoms with Gasteiger partial charge in [0.2, 0.25) is 0 Å². The van der Waals surface area contributed by atoms with Crippen molar-refractivity contribution in [2.45, 2.75) is 12.8 Å². The van der Waals surface area contributed by atoms with Crippen molar-refractivity contribution in [3.05, 3.63) is 0 Å². The van der Waals surface area contributed by atoms with Crippen molar-refractivity contribution in [1.29, 1.82) is 0 Å². The number of rotatable bonds is 4. The molecule has 0 unspecified atom stereocenters. The Labute approximate surface area is 84.5 Å². The molecule has 0 aromatic rings. The zero-order valence-corrected chi connectivity index (χ0v) is 8.65. The Morgan fingerprint density at radius 3 is 2.71 bits per heavy atom. The quantitative estimate of drug-likeness (QED) is 0.293. The van der Waals surface area contributed by atoms with Gasteiger partial charge in [-0.05, 0) is 31.8 Å². The maximum Gasteiger partial charge on any atom is 0.153 e. The molecule has 0 radical (unpaired) electrons. The minimum absolute atomic E-state index is 0.287. The highest BCUT2D eigenvalue weighted by Gasteiger charge is 2.19. The Morgan fingerprint density at radius 1 is 1.57 bits per heavy atom. The van der Waals surface area contributed by atoms with E-state index in [1.54, 1.807) is 7.11 Å². The van der Waals surface area contributed by atoms with E-state index in [1.165, 1.54) is 0 Å². The smallest absolute Gasteiger partial charge is 0.153 e. The maximum atomic E-state index is 8.42. The standard InChI is InChI=1S/C9H19N3O2/c1-14-7-8-2-4-12(5-3-8)6-9(10)11-13/h8,13H,2-7H2,1H3,(H2,10,11). The summed E-state index contributed by atoms with van der Waals surface area (Å²) < 4.78 is 5.11. The molecule has 5 nitrogen and oxygen atoms in total. The van der Waals surface area contributed by atoms with Crippen molar-refractivity contribution in [1.82, 2.24) is 4.90 Å². The van der Waals surface area contributed by atoms with Gasteiger partial charge in [-0.15, -0.1) is 0 Å². The SMILES string of the molecule is COCC1CCN(CC(N)=NO)CC1. The fraction of sp³-hybridized carbons (Fsp3) is 0.889. The van der Waals surface area contributed by atoms with Crippen LogP contribution in [0.15, 0.2) is 5.16 Å². The second-order valence-electron chi connectivity index (χ2n) is 3.77. The summed E-state index contributed by atoms with van der Waals surface area (Å²) in [7, 11) is 1.74. The molecule has 1 fully saturated rings. The molecule has 1 aliphatic heterocycles. The monoisotopic (exact) mass is 201 g/mol. The molecule has 0 aliphatic carbocycles. The van der Waals surface area contributed by atoms with Crippen molar-refractivity contribution in [2.24, 2.45) is 16.8 Å². The van der Waals surface area contributed by atoms with E-state index in [1.807, 2.05) is 0 Å². The first-order chi connectivity index (χ1) is 6.76. The first-order valence-corrected chi connectivity index (χ1v) is 4.94. The third-order valence-corrected chi connectivity index (χ3v) is 2.62. The molecule has 0 aromatic heterocycles. The fourth-order valence-electron chi connectivity index (χ4n) is 1.81. The zero-order chi connectivity index (χ0) is 10.4. The number of hydrogen-bond acceptors (Lipinski definition) is 4. The van der Waals surface area contributed by atoms with E-state index in [0.29, 0.717) is 12.5 Å². The molecule has 3 N–H and O–H groups in total. The summed E-state index contributed by atoms with van der Waals surface area (Å²) in [6.07, 6.45) is 2.26. The summed E-state index contributed by atoms with van der Waals surface area (Å²) in [6.45, 7) is 3.42. The van der Waals surface area contributed by atoms with Gasteiger partial charge < -0.3 is 15.7 Å². The summed E-state index contributed by atoms with van der Waals surface area (Å²) in [4.78, 5) is 2.20. The number of nitrogens with two attached hydrogens (primary N) is 1. The largest absolute Gasteiger partial charge is 0.409 e. The second kappa shape index (κ2) is 5.82. The van der Waals surface area contributed by atoms with Crippen molar-refractivity contribution in [3.8, 4) is 0 Å². The van der Waals surface area contributed by atoms with Crippen molar-refractivity contribution >= 4 is 5.84 Å². The van der Waals surface area contributed by atoms with Gasteiger partial charge in [-0.2, -0.15) is 0 Å². The summed E-state index contributed by atoms with van der Waals surface area (Å²) in [5, 5.41) is 11.4. The number of likely N-dealkylation sites (tertiary alicyclic amines) is 1. The lowest BCUT2D eigenvalue weighted by atomic mass is 9.98. The van der Waals surface area contributed by atoms with Crippen LogP contribution in [0.3, 0.4) is 0 Å². The first kappa shape index (κ1) is 11.3. The van der Waals surface area contributed by atoms with Gasteiger partial charge in [0.1, 0.15) is 0 Å². The van der Waals surface area contributed by atoms with Crippen LogP contribution < -0.4 is 5.73 Å². The van der Waals surface area contributed by atoms with Gasteiger partial charge in [0.15, 0.2) is 5.84 Å². The van der Waals surface area contributed by atoms with E-state index in [4.69, 9.17) is 15.7 Å². The van der Waals surface area contributed by atoms with Crippen LogP contribution in [-0.4, -0.2) is 49.3 Å². The van der Waals surface area contributed by atoms with Gasteiger partial charge in [-0.25, -0.2) is 0 Å². The lowest BCUT2D eigenvalue weighted by Gasteiger charge is -2.30. The Hall–Kier alpha value is -0.810. The Morgan fingerprint density at radius 2 is 2.21 bits per heavy atom. The van der Waals surface area contributed by atoms with E-state index in [0.717, 1.165) is 32.5 Å². The molecule has 82 valence electrons. The van der Waals surface area contributed by atoms with E-state index in [9.17, 15) is 0 Å². The molecule has 0 saturated carbocycles. The lowest BCUT2D eigenvalue weighted by Crippen LogP contribution is -2.40. The van der Waals surface area contributed by atoms with E-state index in [-0.39, 0.29) is 5.84 Å². The Kier molecular flexibility index (Phi) is 4.69. The van der Waals surface area contributed by atoms with Crippen LogP contribution in [0.25, 0.3) is 0 Å². The summed E-state index contributed by atoms with van der Waals surface area (Å²) in [5.74, 6) is 0.957. The normalized spacial score (nSPS) is 21.4. The number of methoxy groups -OCH3 is 1. The average Bonchev–Trinajstić information content (AvgIpc) is 2.21. The van der Waals surface area contributed by atoms with Gasteiger partial charge in [-0.3, -0.25) is 4.90 Å². The number of ether oxygens (including phenoxy) is 1. The predicted molar refractivity (Wildman–Crippen MR) is 54.4 cm³/mol. The number of amidine groups is 1. The van der Waals surface area contributed by atoms with Crippen LogP contribution in [-0.2, 0) is 4.74 Å². The van der Waals surface area contributed by atoms with Crippen LogP contribution in [0.1, 0.15) is 12.8 Å². The van der Waals surface area contributed by atoms with Gasteiger partial charge in [0.05, 0.1) is 6.54 Å². The Bertz CT molecular complexity index is 188. The molecular weight excluding hydrogens is 182 g/mol. The van der Waals surface area contributed by atoms with Gasteiger partial charge >= 0.3 is 0 Å². The topological polar surface area (TPSA) is 71.1 Å². The van der Waals surface area contributed by atoms with Crippen molar-refractivity contribution in [3.63, 3.8) is 0 Å². The molecule has 0 bridgehead atoms. The predicted octanol–water partition coefficient (Wildman–Crippen LogP) is 0.0912. The molecule has 1 saturated heterocycles. The maximum absolute atomic E-state index is 8.42. The van der Waals surface area contributed by atoms with Crippen LogP contribution >= 0.6 is 0 Å². The van der Waals surface area contributed by atoms with Gasteiger partial charge in [0.25, 0.3) is 0 Å². The molecular formula is C9H19N3O2. The summed E-state index contributed by atoms with van der Waals surface area (Å²) in [5.41, 5.74) is 5.43. The number of hydrogen-bond donors (Lipinski definition) is 2. The molecule has 0 amide bonds. The van der Waals surface area contributed by atoms with Crippen LogP contribution in [0.4, 0.5) is 0 Å². The minimum Gasteiger partial charge on any atom is -0.409 e. The minimum atomic E-state index is 0.287. The highest BCUT2D eigenvalue weighted by Crippen LogP contribution is 2.16. The summed E-state index contributed by atoms with van der Waals surface area (Å²) >= 11 is 0. The molecule has 0 spiro atoms. The highest BCUT2D eigenvalue weighted by atomic mass is 16.5. The molecule has 0 aromatic carbocycles. The fourth-order valence-corrected chi connectivity index (χ4v) is 1.81. The highest BCUT2D eigenvalue weighted by molar-refractivity contribution is 5.81. The van der Waals surface area contributed by atoms with Crippen LogP contribution in [0.5, 0.6) is 0 Å². The van der Waals surface area contributed by atoms with E-state index < -0.39 is 0 Å². The van der Waals surface area contributed by atoms with E-state index >= 15 is 0 Å². The van der Waals surface area contributed by atoms with Crippen molar-refractivity contribution in [2.75, 3.05) is 33.4 Å². The van der Waals surface area contributed by atoms with Crippen LogP contribution in [0.2, 0.25) is 0 Å². The van der Waals surface area contributed by atoms with Crippen LogP contribution in [0, 0.1) is 5.92 Å². The van der Waals surface area contributed by atoms with Gasteiger partial charge in [0, 0.05) is 13.7 Å². The molecule has 1 rings (SSSR count). The molecule has 1 heterocycles. The number of oxime groups is 1. The lowest BCUT2D eigenvalue weighted by molar-refractivity contribution is 0.105. The first-order valence-electron chi connectivity index (χ1n) is 4.94. The third kappa shape index (κ3) is 3.51. The summed E-state index contributed by atoms with van der Waals surface area (Å²) in [6, 6.07) is 0. The molecule has 5 heteroatoms. The molecule has 14 heavy (non-hydrogen) atoms. The second-order valence-corrected chi connectivity index (χ2v) is 3.77. The average molecular weight is 201 g/mol.